The number of amides is 2. The Balaban J connectivity index is 2.40. The molecule has 3 nitrogen and oxygen atoms in total. The molecule has 2 amide bonds. The summed E-state index contributed by atoms with van der Waals surface area (Å²) in [5.74, 6) is -0.876. The molecule has 1 fully saturated rings. The van der Waals surface area contributed by atoms with Gasteiger partial charge in [-0.2, -0.15) is 0 Å². The highest BCUT2D eigenvalue weighted by molar-refractivity contribution is 9.10. The molecule has 1 heterocycles. The van der Waals surface area contributed by atoms with E-state index < -0.39 is 11.8 Å². The molecule has 2 rings (SSSR count). The largest absolute Gasteiger partial charge is 0.272 e. The van der Waals surface area contributed by atoms with Crippen LogP contribution < -0.4 is 0 Å². The second kappa shape index (κ2) is 4.72. The van der Waals surface area contributed by atoms with Gasteiger partial charge in [0.05, 0.1) is 10.5 Å². The van der Waals surface area contributed by atoms with E-state index in [1.54, 1.807) is 24.3 Å². The minimum atomic E-state index is -0.444. The summed E-state index contributed by atoms with van der Waals surface area (Å²) in [6, 6.07) is 6.88. The van der Waals surface area contributed by atoms with Crippen LogP contribution in [0.2, 0.25) is 0 Å². The lowest BCUT2D eigenvalue weighted by Crippen LogP contribution is -2.34. The Morgan fingerprint density at radius 3 is 2.59 bits per heavy atom. The number of benzene rings is 1. The molecule has 0 aromatic heterocycles. The summed E-state index contributed by atoms with van der Waals surface area (Å²) < 4.78 is 0.851. The van der Waals surface area contributed by atoms with Gasteiger partial charge in [-0.05, 0) is 28.1 Å². The Kier molecular flexibility index (Phi) is 3.46. The second-order valence-corrected chi connectivity index (χ2v) is 5.80. The van der Waals surface area contributed by atoms with Crippen LogP contribution in [0.4, 0.5) is 0 Å². The third kappa shape index (κ3) is 2.20. The van der Waals surface area contributed by atoms with Crippen LogP contribution in [0.5, 0.6) is 0 Å². The third-order valence-corrected chi connectivity index (χ3v) is 4.04. The summed E-state index contributed by atoms with van der Waals surface area (Å²) >= 11 is 9.30. The van der Waals surface area contributed by atoms with Crippen LogP contribution in [0.3, 0.4) is 0 Å². The molecule has 0 saturated carbocycles. The average Bonchev–Trinajstić information content (AvgIpc) is 2.53. The monoisotopic (exact) mass is 327 g/mol. The van der Waals surface area contributed by atoms with Crippen LogP contribution in [0, 0.1) is 0 Å². The van der Waals surface area contributed by atoms with Crippen LogP contribution in [-0.4, -0.2) is 21.0 Å². The maximum absolute atomic E-state index is 12.2. The molecular formula is C11H6BrNO2S2. The van der Waals surface area contributed by atoms with Gasteiger partial charge < -0.3 is 0 Å². The minimum Gasteiger partial charge on any atom is -0.268 e. The smallest absolute Gasteiger partial charge is 0.268 e. The Bertz CT molecular complexity index is 556. The van der Waals surface area contributed by atoms with Gasteiger partial charge in [0.25, 0.3) is 11.8 Å². The lowest BCUT2D eigenvalue weighted by atomic mass is 10.2. The molecule has 1 aliphatic heterocycles. The zero-order chi connectivity index (χ0) is 12.6. The Hall–Kier alpha value is -0.980. The van der Waals surface area contributed by atoms with E-state index in [4.69, 9.17) is 12.2 Å². The van der Waals surface area contributed by atoms with Gasteiger partial charge in [-0.1, -0.05) is 42.7 Å². The average molecular weight is 328 g/mol. The van der Waals surface area contributed by atoms with Crippen LogP contribution in [0.25, 0.3) is 0 Å². The van der Waals surface area contributed by atoms with Gasteiger partial charge in [0, 0.05) is 4.47 Å². The molecule has 1 aromatic rings. The molecule has 6 heteroatoms. The van der Waals surface area contributed by atoms with E-state index >= 15 is 0 Å². The van der Waals surface area contributed by atoms with E-state index in [9.17, 15) is 9.59 Å². The first-order valence-electron chi connectivity index (χ1n) is 4.56. The van der Waals surface area contributed by atoms with E-state index in [-0.39, 0.29) is 9.23 Å². The third-order valence-electron chi connectivity index (χ3n) is 2.14. The van der Waals surface area contributed by atoms with E-state index in [1.807, 2.05) is 0 Å². The zero-order valence-corrected chi connectivity index (χ0v) is 11.7. The molecule has 0 aliphatic carbocycles. The number of hydrogen-bond donors (Lipinski definition) is 0. The van der Waals surface area contributed by atoms with Crippen molar-refractivity contribution in [1.82, 2.24) is 4.90 Å². The van der Waals surface area contributed by atoms with Crippen molar-refractivity contribution < 1.29 is 9.59 Å². The predicted molar refractivity (Wildman–Crippen MR) is 74.6 cm³/mol. The van der Waals surface area contributed by atoms with Crippen LogP contribution >= 0.6 is 39.9 Å². The van der Waals surface area contributed by atoms with Crippen LogP contribution in [-0.2, 0) is 4.79 Å². The first kappa shape index (κ1) is 12.5. The molecule has 0 radical (unpaired) electrons. The number of halogens is 1. The number of rotatable bonds is 1. The maximum atomic E-state index is 12.2. The van der Waals surface area contributed by atoms with Gasteiger partial charge in [-0.3, -0.25) is 9.59 Å². The number of nitrogens with zero attached hydrogens (tertiary/aromatic N) is 1. The SMILES string of the molecule is C=C1SC(=S)N(C(=O)c2ccccc2Br)C1=O. The maximum Gasteiger partial charge on any atom is 0.272 e. The summed E-state index contributed by atoms with van der Waals surface area (Å²) in [6.45, 7) is 3.55. The number of thioether (sulfide) groups is 1. The highest BCUT2D eigenvalue weighted by Gasteiger charge is 2.36. The Morgan fingerprint density at radius 2 is 2.06 bits per heavy atom. The number of imide groups is 1. The molecule has 17 heavy (non-hydrogen) atoms. The molecular weight excluding hydrogens is 322 g/mol. The topological polar surface area (TPSA) is 37.4 Å². The van der Waals surface area contributed by atoms with E-state index in [0.29, 0.717) is 10.0 Å². The van der Waals surface area contributed by atoms with Gasteiger partial charge in [-0.25, -0.2) is 4.90 Å². The van der Waals surface area contributed by atoms with Crippen molar-refractivity contribution >= 4 is 56.0 Å². The highest BCUT2D eigenvalue weighted by atomic mass is 79.9. The fourth-order valence-electron chi connectivity index (χ4n) is 1.33. The molecule has 86 valence electrons. The van der Waals surface area contributed by atoms with Crippen molar-refractivity contribution in [2.75, 3.05) is 0 Å². The van der Waals surface area contributed by atoms with Gasteiger partial charge in [0.2, 0.25) is 0 Å². The van der Waals surface area contributed by atoms with E-state index in [1.165, 1.54) is 0 Å². The van der Waals surface area contributed by atoms with Crippen LogP contribution in [0.1, 0.15) is 10.4 Å². The molecule has 0 atom stereocenters. The molecule has 1 aromatic carbocycles. The minimum absolute atomic E-state index is 0.223. The summed E-state index contributed by atoms with van der Waals surface area (Å²) in [5, 5.41) is 0. The van der Waals surface area contributed by atoms with Gasteiger partial charge in [0.15, 0.2) is 4.32 Å². The second-order valence-electron chi connectivity index (χ2n) is 3.22. The summed E-state index contributed by atoms with van der Waals surface area (Å²) in [7, 11) is 0. The fraction of sp³-hybridized carbons (Fsp3) is 0. The lowest BCUT2D eigenvalue weighted by molar-refractivity contribution is -0.120. The predicted octanol–water partition coefficient (Wildman–Crippen LogP) is 2.96. The van der Waals surface area contributed by atoms with Gasteiger partial charge in [0.1, 0.15) is 0 Å². The van der Waals surface area contributed by atoms with Gasteiger partial charge >= 0.3 is 0 Å². The first-order chi connectivity index (χ1) is 8.02. The Labute approximate surface area is 116 Å². The van der Waals surface area contributed by atoms with E-state index in [2.05, 4.69) is 22.5 Å². The highest BCUT2D eigenvalue weighted by Crippen LogP contribution is 2.31. The number of thiocarbonyl (C=S) groups is 1. The quantitative estimate of drug-likeness (QED) is 0.451. The summed E-state index contributed by atoms with van der Waals surface area (Å²) in [5.41, 5.74) is 0.401. The van der Waals surface area contributed by atoms with E-state index in [0.717, 1.165) is 16.7 Å². The number of hydrogen-bond acceptors (Lipinski definition) is 4. The summed E-state index contributed by atoms with van der Waals surface area (Å²) in [4.78, 5) is 25.1. The van der Waals surface area contributed by atoms with Crippen molar-refractivity contribution in [1.29, 1.82) is 0 Å². The standard InChI is InChI=1S/C11H6BrNO2S2/c1-6-9(14)13(11(16)17-6)10(15)7-4-2-3-5-8(7)12/h2-5H,1H2. The van der Waals surface area contributed by atoms with Gasteiger partial charge in [-0.15, -0.1) is 0 Å². The molecule has 1 aliphatic rings. The van der Waals surface area contributed by atoms with Crippen molar-refractivity contribution in [2.45, 2.75) is 0 Å². The molecule has 0 N–H and O–H groups in total. The van der Waals surface area contributed by atoms with Crippen molar-refractivity contribution in [2.24, 2.45) is 0 Å². The van der Waals surface area contributed by atoms with Crippen molar-refractivity contribution in [3.63, 3.8) is 0 Å². The number of carbonyl (C=O) groups excluding carboxylic acids is 2. The first-order valence-corrected chi connectivity index (χ1v) is 6.58. The number of carbonyl (C=O) groups is 2. The van der Waals surface area contributed by atoms with Crippen molar-refractivity contribution in [3.05, 3.63) is 45.8 Å². The summed E-state index contributed by atoms with van der Waals surface area (Å²) in [6.07, 6.45) is 0. The molecule has 0 unspecified atom stereocenters. The Morgan fingerprint density at radius 1 is 1.41 bits per heavy atom. The zero-order valence-electron chi connectivity index (χ0n) is 8.47. The normalized spacial score (nSPS) is 15.6. The molecule has 1 saturated heterocycles. The fourth-order valence-corrected chi connectivity index (χ4v) is 2.90. The molecule has 0 spiro atoms. The van der Waals surface area contributed by atoms with Crippen molar-refractivity contribution in [3.8, 4) is 0 Å². The van der Waals surface area contributed by atoms with Crippen LogP contribution in [0.15, 0.2) is 40.2 Å². The molecule has 0 bridgehead atoms. The lowest BCUT2D eigenvalue weighted by Gasteiger charge is -2.13.